The third-order valence-electron chi connectivity index (χ3n) is 8.43. The van der Waals surface area contributed by atoms with Crippen LogP contribution in [0.4, 0.5) is 0 Å². The first-order valence-electron chi connectivity index (χ1n) is 13.1. The molecule has 4 rings (SSSR count). The molecule has 0 saturated carbocycles. The molecule has 2 aromatic rings. The first-order valence-corrected chi connectivity index (χ1v) is 13.1. The Labute approximate surface area is 213 Å². The number of fused-ring (bicyclic) bond motifs is 1. The molecular formula is C34H42O. The minimum Gasteiger partial charge on any atom is -0.384 e. The summed E-state index contributed by atoms with van der Waals surface area (Å²) in [5, 5.41) is 11.1. The van der Waals surface area contributed by atoms with Crippen LogP contribution in [-0.4, -0.2) is 11.2 Å². The molecule has 0 aromatic heterocycles. The van der Waals surface area contributed by atoms with E-state index in [0.29, 0.717) is 6.42 Å². The van der Waals surface area contributed by atoms with E-state index in [0.717, 1.165) is 29.6 Å². The van der Waals surface area contributed by atoms with E-state index >= 15 is 0 Å². The van der Waals surface area contributed by atoms with E-state index in [1.165, 1.54) is 51.8 Å². The normalized spacial score (nSPS) is 19.1. The summed E-state index contributed by atoms with van der Waals surface area (Å²) in [5.74, 6) is 0. The van der Waals surface area contributed by atoms with Gasteiger partial charge in [0, 0.05) is 0 Å². The zero-order valence-corrected chi connectivity index (χ0v) is 22.6. The Morgan fingerprint density at radius 3 is 2.11 bits per heavy atom. The SMILES string of the molecule is C=C1C(Cc2cc3c(cc2C)C(C)(C)CCC3(C)C)=CC=C1C(O)C(=C)Cc1ccc(CC)cc1. The van der Waals surface area contributed by atoms with Crippen molar-refractivity contribution in [2.45, 2.75) is 90.6 Å². The number of rotatable bonds is 7. The molecule has 35 heavy (non-hydrogen) atoms. The fourth-order valence-corrected chi connectivity index (χ4v) is 5.63. The van der Waals surface area contributed by atoms with Gasteiger partial charge >= 0.3 is 0 Å². The molecule has 2 aliphatic carbocycles. The monoisotopic (exact) mass is 466 g/mol. The summed E-state index contributed by atoms with van der Waals surface area (Å²) in [6, 6.07) is 13.5. The van der Waals surface area contributed by atoms with E-state index < -0.39 is 6.10 Å². The van der Waals surface area contributed by atoms with Gasteiger partial charge in [0.1, 0.15) is 6.10 Å². The molecule has 0 radical (unpaired) electrons. The van der Waals surface area contributed by atoms with Crippen LogP contribution in [-0.2, 0) is 30.1 Å². The third-order valence-corrected chi connectivity index (χ3v) is 8.43. The van der Waals surface area contributed by atoms with Crippen LogP contribution in [0.1, 0.15) is 80.8 Å². The molecule has 0 fully saturated rings. The molecule has 1 heteroatoms. The van der Waals surface area contributed by atoms with Crippen molar-refractivity contribution < 1.29 is 5.11 Å². The Bertz CT molecular complexity index is 1210. The van der Waals surface area contributed by atoms with Gasteiger partial charge in [-0.05, 0) is 106 Å². The fourth-order valence-electron chi connectivity index (χ4n) is 5.63. The number of allylic oxidation sites excluding steroid dienone is 3. The lowest BCUT2D eigenvalue weighted by molar-refractivity contribution is 0.247. The third kappa shape index (κ3) is 5.02. The molecule has 184 valence electrons. The number of benzene rings is 2. The molecule has 2 aliphatic rings. The van der Waals surface area contributed by atoms with Gasteiger partial charge in [0.15, 0.2) is 0 Å². The van der Waals surface area contributed by atoms with Gasteiger partial charge in [-0.25, -0.2) is 0 Å². The molecule has 0 aliphatic heterocycles. The molecule has 1 nitrogen and oxygen atoms in total. The van der Waals surface area contributed by atoms with Crippen LogP contribution < -0.4 is 0 Å². The summed E-state index contributed by atoms with van der Waals surface area (Å²) in [4.78, 5) is 0. The number of aliphatic hydroxyl groups is 1. The second-order valence-electron chi connectivity index (χ2n) is 12.0. The maximum Gasteiger partial charge on any atom is 0.101 e. The van der Waals surface area contributed by atoms with Crippen molar-refractivity contribution in [3.63, 3.8) is 0 Å². The lowest BCUT2D eigenvalue weighted by Crippen LogP contribution is -2.34. The molecule has 1 unspecified atom stereocenters. The van der Waals surface area contributed by atoms with Gasteiger partial charge in [-0.15, -0.1) is 0 Å². The lowest BCUT2D eigenvalue weighted by atomic mass is 9.62. The Kier molecular flexibility index (Phi) is 6.86. The number of aryl methyl sites for hydroxylation is 2. The highest BCUT2D eigenvalue weighted by Gasteiger charge is 2.37. The highest BCUT2D eigenvalue weighted by molar-refractivity contribution is 5.59. The smallest absolute Gasteiger partial charge is 0.101 e. The standard InChI is InChI=1S/C34H42O/c1-9-25-10-12-26(13-11-25)18-23(3)32(35)29-15-14-27(24(29)4)20-28-21-31-30(19-22(28)2)33(5,6)16-17-34(31,7)8/h10-15,19,21,32,35H,3-4,9,16-18,20H2,1-2,5-8H3. The van der Waals surface area contributed by atoms with Crippen molar-refractivity contribution in [2.75, 3.05) is 0 Å². The molecule has 0 saturated heterocycles. The average Bonchev–Trinajstić information content (AvgIpc) is 3.17. The van der Waals surface area contributed by atoms with Crippen LogP contribution in [0.5, 0.6) is 0 Å². The van der Waals surface area contributed by atoms with Gasteiger partial charge in [-0.2, -0.15) is 0 Å². The summed E-state index contributed by atoms with van der Waals surface area (Å²) in [6.07, 6.45) is 8.45. The predicted octanol–water partition coefficient (Wildman–Crippen LogP) is 8.03. The molecule has 1 atom stereocenters. The zero-order valence-electron chi connectivity index (χ0n) is 22.6. The van der Waals surface area contributed by atoms with Crippen LogP contribution in [0.3, 0.4) is 0 Å². The largest absolute Gasteiger partial charge is 0.384 e. The van der Waals surface area contributed by atoms with E-state index in [4.69, 9.17) is 0 Å². The van der Waals surface area contributed by atoms with Crippen LogP contribution in [0, 0.1) is 6.92 Å². The maximum atomic E-state index is 11.1. The minimum atomic E-state index is -0.702. The van der Waals surface area contributed by atoms with Gasteiger partial charge in [-0.1, -0.05) is 96.3 Å². The zero-order chi connectivity index (χ0) is 25.5. The van der Waals surface area contributed by atoms with Crippen LogP contribution in [0.15, 0.2) is 84.0 Å². The van der Waals surface area contributed by atoms with Gasteiger partial charge in [0.05, 0.1) is 0 Å². The second kappa shape index (κ2) is 9.43. The van der Waals surface area contributed by atoms with Gasteiger partial charge in [0.2, 0.25) is 0 Å². The highest BCUT2D eigenvalue weighted by atomic mass is 16.3. The highest BCUT2D eigenvalue weighted by Crippen LogP contribution is 2.47. The molecule has 2 aromatic carbocycles. The quantitative estimate of drug-likeness (QED) is 0.409. The minimum absolute atomic E-state index is 0.195. The van der Waals surface area contributed by atoms with Crippen molar-refractivity contribution in [1.29, 1.82) is 0 Å². The van der Waals surface area contributed by atoms with Gasteiger partial charge < -0.3 is 5.11 Å². The Morgan fingerprint density at radius 2 is 1.51 bits per heavy atom. The number of hydrogen-bond acceptors (Lipinski definition) is 1. The average molecular weight is 467 g/mol. The first-order chi connectivity index (χ1) is 16.4. The van der Waals surface area contributed by atoms with Crippen LogP contribution in [0.2, 0.25) is 0 Å². The number of aliphatic hydroxyl groups excluding tert-OH is 1. The van der Waals surface area contributed by atoms with E-state index in [2.05, 4.69) is 97.2 Å². The van der Waals surface area contributed by atoms with Crippen LogP contribution >= 0.6 is 0 Å². The van der Waals surface area contributed by atoms with Crippen molar-refractivity contribution >= 4 is 0 Å². The summed E-state index contributed by atoms with van der Waals surface area (Å²) in [5.41, 5.74) is 12.5. The molecule has 0 heterocycles. The first kappa shape index (κ1) is 25.5. The molecule has 0 spiro atoms. The van der Waals surface area contributed by atoms with E-state index in [9.17, 15) is 5.11 Å². The van der Waals surface area contributed by atoms with Gasteiger partial charge in [0.25, 0.3) is 0 Å². The van der Waals surface area contributed by atoms with Crippen molar-refractivity contribution in [1.82, 2.24) is 0 Å². The summed E-state index contributed by atoms with van der Waals surface area (Å²) >= 11 is 0. The molecule has 0 amide bonds. The molecular weight excluding hydrogens is 424 g/mol. The predicted molar refractivity (Wildman–Crippen MR) is 150 cm³/mol. The maximum absolute atomic E-state index is 11.1. The van der Waals surface area contributed by atoms with Gasteiger partial charge in [-0.3, -0.25) is 0 Å². The summed E-state index contributed by atoms with van der Waals surface area (Å²) in [7, 11) is 0. The van der Waals surface area contributed by atoms with E-state index in [1.807, 2.05) is 6.08 Å². The van der Waals surface area contributed by atoms with E-state index in [1.54, 1.807) is 0 Å². The van der Waals surface area contributed by atoms with E-state index in [-0.39, 0.29) is 10.8 Å². The van der Waals surface area contributed by atoms with Crippen molar-refractivity contribution in [3.05, 3.63) is 117 Å². The summed E-state index contributed by atoms with van der Waals surface area (Å²) < 4.78 is 0. The topological polar surface area (TPSA) is 20.2 Å². The summed E-state index contributed by atoms with van der Waals surface area (Å²) in [6.45, 7) is 22.5. The second-order valence-corrected chi connectivity index (χ2v) is 12.0. The Morgan fingerprint density at radius 1 is 0.943 bits per heavy atom. The molecule has 1 N–H and O–H groups in total. The van der Waals surface area contributed by atoms with Crippen molar-refractivity contribution in [2.24, 2.45) is 0 Å². The van der Waals surface area contributed by atoms with Crippen LogP contribution in [0.25, 0.3) is 0 Å². The Hall–Kier alpha value is -2.64. The van der Waals surface area contributed by atoms with Crippen molar-refractivity contribution in [3.8, 4) is 0 Å². The molecule has 0 bridgehead atoms. The number of hydrogen-bond donors (Lipinski definition) is 1. The Balaban J connectivity index is 1.48. The lowest BCUT2D eigenvalue weighted by Gasteiger charge is -2.42. The fraction of sp³-hybridized carbons (Fsp3) is 0.412.